The van der Waals surface area contributed by atoms with Gasteiger partial charge in [-0.1, -0.05) is 30.3 Å². The Bertz CT molecular complexity index is 1580. The van der Waals surface area contributed by atoms with E-state index in [0.717, 1.165) is 29.5 Å². The van der Waals surface area contributed by atoms with E-state index in [1.807, 2.05) is 35.0 Å². The number of benzene rings is 3. The van der Waals surface area contributed by atoms with E-state index >= 15 is 0 Å². The van der Waals surface area contributed by atoms with Crippen LogP contribution in [0.5, 0.6) is 5.75 Å². The maximum Gasteiger partial charge on any atom is 0.306 e. The van der Waals surface area contributed by atoms with Gasteiger partial charge in [0.25, 0.3) is 0 Å². The number of aromatic nitrogens is 1. The van der Waals surface area contributed by atoms with Crippen molar-refractivity contribution in [2.45, 2.75) is 38.6 Å². The average Bonchev–Trinajstić information content (AvgIpc) is 3.29. The molecule has 1 aromatic heterocycles. The minimum Gasteiger partial charge on any atom is -0.494 e. The van der Waals surface area contributed by atoms with Crippen LogP contribution in [0.15, 0.2) is 66.9 Å². The van der Waals surface area contributed by atoms with Gasteiger partial charge in [0.05, 0.1) is 18.5 Å². The third kappa shape index (κ3) is 4.60. The number of ketones is 1. The third-order valence-electron chi connectivity index (χ3n) is 8.59. The number of hydrogen-bond acceptors (Lipinski definition) is 3. The SMILES string of the molecule is COc1cc(-c2ccc(Cn3ccc4c(F)ccc(C(=O)CC5CC6(C5)CC(C(=O)O)C6)c43)cc2)ccc1F. The topological polar surface area (TPSA) is 68.5 Å². The summed E-state index contributed by atoms with van der Waals surface area (Å²) in [5.41, 5.74) is 3.94. The first-order chi connectivity index (χ1) is 18.7. The summed E-state index contributed by atoms with van der Waals surface area (Å²) >= 11 is 0. The fraction of sp³-hybridized carbons (Fsp3) is 0.312. The van der Waals surface area contributed by atoms with E-state index in [1.165, 1.54) is 19.2 Å². The number of halogens is 2. The summed E-state index contributed by atoms with van der Waals surface area (Å²) in [5, 5.41) is 9.59. The van der Waals surface area contributed by atoms with Gasteiger partial charge >= 0.3 is 5.97 Å². The van der Waals surface area contributed by atoms with E-state index in [0.29, 0.717) is 42.3 Å². The summed E-state index contributed by atoms with van der Waals surface area (Å²) in [4.78, 5) is 24.5. The zero-order valence-corrected chi connectivity index (χ0v) is 21.6. The third-order valence-corrected chi connectivity index (χ3v) is 8.59. The van der Waals surface area contributed by atoms with Gasteiger partial charge in [-0.3, -0.25) is 9.59 Å². The van der Waals surface area contributed by atoms with Gasteiger partial charge in [0.2, 0.25) is 0 Å². The van der Waals surface area contributed by atoms with Crippen LogP contribution in [0.25, 0.3) is 22.0 Å². The second-order valence-corrected chi connectivity index (χ2v) is 11.2. The molecule has 2 aliphatic rings. The smallest absolute Gasteiger partial charge is 0.306 e. The Hall–Kier alpha value is -4.00. The predicted octanol–water partition coefficient (Wildman–Crippen LogP) is 7.11. The second-order valence-electron chi connectivity index (χ2n) is 11.2. The van der Waals surface area contributed by atoms with Gasteiger partial charge in [0.1, 0.15) is 5.82 Å². The highest BCUT2D eigenvalue weighted by atomic mass is 19.1. The molecule has 1 N–H and O–H groups in total. The number of rotatable bonds is 8. The largest absolute Gasteiger partial charge is 0.494 e. The van der Waals surface area contributed by atoms with Crippen molar-refractivity contribution >= 4 is 22.7 Å². The summed E-state index contributed by atoms with van der Waals surface area (Å²) in [7, 11) is 1.43. The molecule has 0 amide bonds. The van der Waals surface area contributed by atoms with Crippen molar-refractivity contribution in [1.29, 1.82) is 0 Å². The van der Waals surface area contributed by atoms with Gasteiger partial charge in [0.15, 0.2) is 17.3 Å². The van der Waals surface area contributed by atoms with Crippen molar-refractivity contribution in [3.63, 3.8) is 0 Å². The zero-order valence-electron chi connectivity index (χ0n) is 21.6. The van der Waals surface area contributed by atoms with Crippen LogP contribution in [0.2, 0.25) is 0 Å². The van der Waals surface area contributed by atoms with Crippen molar-refractivity contribution in [3.05, 3.63) is 89.6 Å². The Balaban J connectivity index is 1.19. The number of Topliss-reactive ketones (excluding diaryl/α,β-unsaturated/α-hetero) is 1. The van der Waals surface area contributed by atoms with Crippen LogP contribution < -0.4 is 4.74 Å². The Morgan fingerprint density at radius 1 is 0.949 bits per heavy atom. The molecule has 7 heteroatoms. The van der Waals surface area contributed by atoms with E-state index in [4.69, 9.17) is 9.84 Å². The van der Waals surface area contributed by atoms with Crippen LogP contribution in [0, 0.1) is 28.9 Å². The van der Waals surface area contributed by atoms with E-state index < -0.39 is 11.8 Å². The fourth-order valence-electron chi connectivity index (χ4n) is 6.66. The monoisotopic (exact) mass is 529 g/mol. The lowest BCUT2D eigenvalue weighted by Crippen LogP contribution is -2.50. The predicted molar refractivity (Wildman–Crippen MR) is 144 cm³/mol. The van der Waals surface area contributed by atoms with Crippen LogP contribution in [0.3, 0.4) is 0 Å². The number of nitrogens with zero attached hydrogens (tertiary/aromatic N) is 1. The summed E-state index contributed by atoms with van der Waals surface area (Å²) in [6.07, 6.45) is 5.40. The molecule has 3 aromatic carbocycles. The Kier molecular flexibility index (Phi) is 6.25. The van der Waals surface area contributed by atoms with Crippen molar-refractivity contribution in [1.82, 2.24) is 4.57 Å². The first-order valence-electron chi connectivity index (χ1n) is 13.2. The zero-order chi connectivity index (χ0) is 27.3. The van der Waals surface area contributed by atoms with E-state index in [9.17, 15) is 18.4 Å². The van der Waals surface area contributed by atoms with E-state index in [1.54, 1.807) is 24.3 Å². The number of carboxylic acid groups (broad SMARTS) is 1. The first-order valence-corrected chi connectivity index (χ1v) is 13.2. The van der Waals surface area contributed by atoms with Crippen molar-refractivity contribution in [2.75, 3.05) is 7.11 Å². The molecule has 0 unspecified atom stereocenters. The quantitative estimate of drug-likeness (QED) is 0.247. The summed E-state index contributed by atoms with van der Waals surface area (Å²) in [6, 6.07) is 17.2. The van der Waals surface area contributed by atoms with Crippen LogP contribution >= 0.6 is 0 Å². The minimum absolute atomic E-state index is 0.00508. The van der Waals surface area contributed by atoms with Crippen LogP contribution in [0.1, 0.15) is 48.0 Å². The van der Waals surface area contributed by atoms with E-state index in [2.05, 4.69) is 0 Å². The molecular formula is C32H29F2NO4. The Morgan fingerprint density at radius 3 is 2.33 bits per heavy atom. The molecule has 1 spiro atoms. The number of fused-ring (bicyclic) bond motifs is 1. The highest BCUT2D eigenvalue weighted by Gasteiger charge is 2.54. The van der Waals surface area contributed by atoms with E-state index in [-0.39, 0.29) is 34.6 Å². The van der Waals surface area contributed by atoms with Gasteiger partial charge < -0.3 is 14.4 Å². The second kappa shape index (κ2) is 9.63. The number of hydrogen-bond donors (Lipinski definition) is 1. The van der Waals surface area contributed by atoms with Gasteiger partial charge in [-0.2, -0.15) is 0 Å². The van der Waals surface area contributed by atoms with Gasteiger partial charge in [-0.15, -0.1) is 0 Å². The number of aliphatic carboxylic acids is 1. The Morgan fingerprint density at radius 2 is 1.64 bits per heavy atom. The average molecular weight is 530 g/mol. The lowest BCUT2D eigenvalue weighted by Gasteiger charge is -2.56. The standard InChI is InChI=1S/C32H29F2NO4/c1-39-29-13-22(6-8-27(29)34)21-4-2-19(3-5-21)18-35-11-10-24-26(33)9-7-25(30(24)35)28(36)12-20-14-32(15-20)16-23(17-32)31(37)38/h2-11,13,20,23H,12,14-18H2,1H3,(H,37,38). The molecule has 0 bridgehead atoms. The molecule has 1 heterocycles. The Labute approximate surface area is 225 Å². The molecule has 0 saturated heterocycles. The molecular weight excluding hydrogens is 500 g/mol. The van der Waals surface area contributed by atoms with Crippen LogP contribution in [0.4, 0.5) is 8.78 Å². The molecule has 0 radical (unpaired) electrons. The maximum atomic E-state index is 14.7. The minimum atomic E-state index is -0.722. The van der Waals surface area contributed by atoms with Crippen LogP contribution in [-0.4, -0.2) is 28.5 Å². The van der Waals surface area contributed by atoms with Crippen LogP contribution in [-0.2, 0) is 11.3 Å². The molecule has 5 nitrogen and oxygen atoms in total. The number of carbonyl (C=O) groups is 2. The maximum absolute atomic E-state index is 14.7. The molecule has 0 aliphatic heterocycles. The molecule has 2 fully saturated rings. The summed E-state index contributed by atoms with van der Waals surface area (Å²) < 4.78 is 35.5. The summed E-state index contributed by atoms with van der Waals surface area (Å²) in [5.74, 6) is -1.32. The lowest BCUT2D eigenvalue weighted by molar-refractivity contribution is -0.157. The molecule has 4 aromatic rings. The molecule has 0 atom stereocenters. The normalized spacial score (nSPS) is 21.9. The molecule has 39 heavy (non-hydrogen) atoms. The molecule has 2 saturated carbocycles. The molecule has 6 rings (SSSR count). The highest BCUT2D eigenvalue weighted by molar-refractivity contribution is 6.07. The fourth-order valence-corrected chi connectivity index (χ4v) is 6.66. The first kappa shape index (κ1) is 25.3. The van der Waals surface area contributed by atoms with Crippen molar-refractivity contribution in [3.8, 4) is 16.9 Å². The van der Waals surface area contributed by atoms with Crippen molar-refractivity contribution < 1.29 is 28.2 Å². The number of carboxylic acids is 1. The molecule has 200 valence electrons. The summed E-state index contributed by atoms with van der Waals surface area (Å²) in [6.45, 7) is 0.462. The van der Waals surface area contributed by atoms with Gasteiger partial charge in [0, 0.05) is 30.1 Å². The molecule has 2 aliphatic carbocycles. The van der Waals surface area contributed by atoms with Gasteiger partial charge in [-0.05, 0) is 84.0 Å². The number of carbonyl (C=O) groups excluding carboxylic acids is 1. The van der Waals surface area contributed by atoms with Crippen molar-refractivity contribution in [2.24, 2.45) is 17.3 Å². The number of ether oxygens (including phenoxy) is 1. The number of methoxy groups -OCH3 is 1. The highest BCUT2D eigenvalue weighted by Crippen LogP contribution is 2.62. The lowest BCUT2D eigenvalue weighted by atomic mass is 9.47. The van der Waals surface area contributed by atoms with Gasteiger partial charge in [-0.25, -0.2) is 8.78 Å².